The Balaban J connectivity index is 1.27. The van der Waals surface area contributed by atoms with E-state index in [2.05, 4.69) is 20.2 Å². The zero-order chi connectivity index (χ0) is 21.1. The topological polar surface area (TPSA) is 79.3 Å². The number of fused-ring (bicyclic) bond motifs is 1. The summed E-state index contributed by atoms with van der Waals surface area (Å²) in [6.07, 6.45) is 6.61. The number of aliphatic imine (C=N–C) groups is 1. The molecule has 2 fully saturated rings. The van der Waals surface area contributed by atoms with Crippen LogP contribution in [0.1, 0.15) is 52.0 Å². The van der Waals surface area contributed by atoms with Crippen LogP contribution in [0.15, 0.2) is 23.3 Å². The first-order chi connectivity index (χ1) is 14.4. The molecule has 0 aromatic carbocycles. The van der Waals surface area contributed by atoms with Crippen molar-refractivity contribution in [3.05, 3.63) is 23.9 Å². The van der Waals surface area contributed by atoms with Crippen LogP contribution in [0.5, 0.6) is 5.88 Å². The summed E-state index contributed by atoms with van der Waals surface area (Å²) < 4.78 is 11.5. The molecule has 1 unspecified atom stereocenters. The molecule has 0 bridgehead atoms. The third-order valence-corrected chi connectivity index (χ3v) is 5.70. The van der Waals surface area contributed by atoms with Gasteiger partial charge in [-0.25, -0.2) is 9.78 Å². The quantitative estimate of drug-likeness (QED) is 0.815. The van der Waals surface area contributed by atoms with Gasteiger partial charge in [0.15, 0.2) is 5.96 Å². The highest BCUT2D eigenvalue weighted by molar-refractivity contribution is 5.82. The Labute approximate surface area is 178 Å². The van der Waals surface area contributed by atoms with Gasteiger partial charge >= 0.3 is 6.09 Å². The Bertz CT molecular complexity index is 785. The maximum absolute atomic E-state index is 12.4. The average molecular weight is 416 g/mol. The molecule has 164 valence electrons. The lowest BCUT2D eigenvalue weighted by molar-refractivity contribution is 0.0137. The van der Waals surface area contributed by atoms with Crippen molar-refractivity contribution in [1.82, 2.24) is 20.1 Å². The van der Waals surface area contributed by atoms with Gasteiger partial charge in [0, 0.05) is 38.4 Å². The number of ether oxygens (including phenoxy) is 2. The molecule has 1 aliphatic carbocycles. The molecule has 1 aromatic rings. The van der Waals surface area contributed by atoms with Crippen molar-refractivity contribution in [2.75, 3.05) is 26.2 Å². The van der Waals surface area contributed by atoms with E-state index in [1.54, 1.807) is 11.1 Å². The van der Waals surface area contributed by atoms with Crippen molar-refractivity contribution in [3.63, 3.8) is 0 Å². The molecule has 1 N–H and O–H groups in total. The van der Waals surface area contributed by atoms with Gasteiger partial charge in [-0.1, -0.05) is 0 Å². The van der Waals surface area contributed by atoms with Crippen molar-refractivity contribution in [2.45, 2.75) is 70.7 Å². The van der Waals surface area contributed by atoms with Gasteiger partial charge in [-0.05, 0) is 58.1 Å². The predicted octanol–water partition coefficient (Wildman–Crippen LogP) is 2.78. The second-order valence-electron chi connectivity index (χ2n) is 9.32. The normalized spacial score (nSPS) is 22.0. The molecule has 1 saturated heterocycles. The number of nitrogens with one attached hydrogen (secondary N) is 1. The second kappa shape index (κ2) is 8.70. The van der Waals surface area contributed by atoms with Crippen LogP contribution >= 0.6 is 0 Å². The molecule has 1 aromatic heterocycles. The van der Waals surface area contributed by atoms with Gasteiger partial charge in [0.1, 0.15) is 11.7 Å². The predicted molar refractivity (Wildman–Crippen MR) is 115 cm³/mol. The number of amides is 1. The number of hydrogen-bond donors (Lipinski definition) is 1. The number of rotatable bonds is 4. The van der Waals surface area contributed by atoms with Crippen LogP contribution in [0.25, 0.3) is 0 Å². The molecule has 0 radical (unpaired) electrons. The van der Waals surface area contributed by atoms with E-state index in [9.17, 15) is 4.79 Å². The maximum Gasteiger partial charge on any atom is 0.410 e. The molecule has 8 heteroatoms. The zero-order valence-corrected chi connectivity index (χ0v) is 18.3. The van der Waals surface area contributed by atoms with Gasteiger partial charge < -0.3 is 24.6 Å². The first kappa shape index (κ1) is 20.8. The number of aromatic nitrogens is 1. The molecule has 1 saturated carbocycles. The molecular formula is C22H33N5O3. The van der Waals surface area contributed by atoms with Gasteiger partial charge in [-0.15, -0.1) is 0 Å². The summed E-state index contributed by atoms with van der Waals surface area (Å²) in [4.78, 5) is 25.5. The third-order valence-electron chi connectivity index (χ3n) is 5.70. The summed E-state index contributed by atoms with van der Waals surface area (Å²) in [5.74, 6) is 1.61. The monoisotopic (exact) mass is 415 g/mol. The van der Waals surface area contributed by atoms with Crippen LogP contribution < -0.4 is 10.1 Å². The van der Waals surface area contributed by atoms with Crippen LogP contribution in [0.2, 0.25) is 0 Å². The number of guanidine groups is 1. The molecule has 1 amide bonds. The van der Waals surface area contributed by atoms with Crippen LogP contribution in [0, 0.1) is 0 Å². The van der Waals surface area contributed by atoms with Crippen molar-refractivity contribution >= 4 is 12.1 Å². The molecule has 30 heavy (non-hydrogen) atoms. The van der Waals surface area contributed by atoms with E-state index < -0.39 is 5.60 Å². The highest BCUT2D eigenvalue weighted by atomic mass is 16.6. The van der Waals surface area contributed by atoms with Gasteiger partial charge in [0.05, 0.1) is 12.6 Å². The van der Waals surface area contributed by atoms with Gasteiger partial charge in [0.25, 0.3) is 0 Å². The fraction of sp³-hybridized carbons (Fsp3) is 0.682. The number of nitrogens with zero attached hydrogens (tertiary/aromatic N) is 4. The fourth-order valence-corrected chi connectivity index (χ4v) is 4.21. The number of piperazine rings is 1. The lowest BCUT2D eigenvalue weighted by Crippen LogP contribution is -2.57. The molecule has 3 aliphatic rings. The summed E-state index contributed by atoms with van der Waals surface area (Å²) in [6.45, 7) is 9.07. The lowest BCUT2D eigenvalue weighted by Gasteiger charge is -2.39. The van der Waals surface area contributed by atoms with E-state index in [4.69, 9.17) is 9.47 Å². The van der Waals surface area contributed by atoms with Crippen molar-refractivity contribution in [1.29, 1.82) is 0 Å². The van der Waals surface area contributed by atoms with E-state index in [0.717, 1.165) is 30.9 Å². The zero-order valence-electron chi connectivity index (χ0n) is 18.3. The minimum Gasteiger partial charge on any atom is -0.474 e. The molecule has 8 nitrogen and oxygen atoms in total. The van der Waals surface area contributed by atoms with E-state index >= 15 is 0 Å². The lowest BCUT2D eigenvalue weighted by atomic mass is 10.2. The van der Waals surface area contributed by atoms with Crippen LogP contribution in [0.4, 0.5) is 4.79 Å². The molecule has 1 atom stereocenters. The first-order valence-corrected chi connectivity index (χ1v) is 11.0. The largest absolute Gasteiger partial charge is 0.474 e. The minimum absolute atomic E-state index is 0.201. The van der Waals surface area contributed by atoms with Crippen LogP contribution in [0.3, 0.4) is 0 Å². The standard InChI is InChI=1S/C22H33N5O3/c1-22(2,3)30-21(28)26-10-11-27-17(15-26)14-25-20(27)24-13-16-8-9-23-19(12-16)29-18-6-4-5-7-18/h8-9,12,17-18H,4-7,10-11,13-15H2,1-3H3,(H,24,25). The van der Waals surface area contributed by atoms with Gasteiger partial charge in [-0.2, -0.15) is 0 Å². The SMILES string of the molecule is CC(C)(C)OC(=O)N1CCN2C(NCc3ccnc(OC4CCCC4)c3)=NCC2C1. The van der Waals surface area contributed by atoms with Crippen molar-refractivity contribution < 1.29 is 14.3 Å². The smallest absolute Gasteiger partial charge is 0.410 e. The number of carbonyl (C=O) groups excluding carboxylic acids is 1. The first-order valence-electron chi connectivity index (χ1n) is 11.0. The van der Waals surface area contributed by atoms with Crippen molar-refractivity contribution in [2.24, 2.45) is 4.99 Å². The van der Waals surface area contributed by atoms with Gasteiger partial charge in [-0.3, -0.25) is 4.99 Å². The summed E-state index contributed by atoms with van der Waals surface area (Å²) in [6, 6.07) is 4.22. The van der Waals surface area contributed by atoms with E-state index in [1.807, 2.05) is 32.9 Å². The summed E-state index contributed by atoms with van der Waals surface area (Å²) in [7, 11) is 0. The molecule has 4 rings (SSSR count). The Morgan fingerprint density at radius 2 is 2.07 bits per heavy atom. The number of carbonyl (C=O) groups is 1. The van der Waals surface area contributed by atoms with Crippen LogP contribution in [-0.2, 0) is 11.3 Å². The summed E-state index contributed by atoms with van der Waals surface area (Å²) in [5.41, 5.74) is 0.648. The summed E-state index contributed by atoms with van der Waals surface area (Å²) in [5, 5.41) is 3.46. The summed E-state index contributed by atoms with van der Waals surface area (Å²) >= 11 is 0. The molecule has 3 heterocycles. The highest BCUT2D eigenvalue weighted by Gasteiger charge is 2.36. The Morgan fingerprint density at radius 3 is 2.83 bits per heavy atom. The average Bonchev–Trinajstić information content (AvgIpc) is 3.34. The molecule has 0 spiro atoms. The molecule has 2 aliphatic heterocycles. The van der Waals surface area contributed by atoms with Crippen LogP contribution in [-0.4, -0.2) is 70.8 Å². The van der Waals surface area contributed by atoms with E-state index in [0.29, 0.717) is 38.2 Å². The Hall–Kier alpha value is -2.51. The maximum atomic E-state index is 12.4. The third kappa shape index (κ3) is 5.15. The van der Waals surface area contributed by atoms with E-state index in [-0.39, 0.29) is 12.1 Å². The number of pyridine rings is 1. The molecular weight excluding hydrogens is 382 g/mol. The Morgan fingerprint density at radius 1 is 1.27 bits per heavy atom. The fourth-order valence-electron chi connectivity index (χ4n) is 4.21. The highest BCUT2D eigenvalue weighted by Crippen LogP contribution is 2.23. The Kier molecular flexibility index (Phi) is 6.01. The van der Waals surface area contributed by atoms with Gasteiger partial charge in [0.2, 0.25) is 5.88 Å². The minimum atomic E-state index is -0.474. The van der Waals surface area contributed by atoms with Crippen molar-refractivity contribution in [3.8, 4) is 5.88 Å². The van der Waals surface area contributed by atoms with E-state index in [1.165, 1.54) is 12.8 Å². The second-order valence-corrected chi connectivity index (χ2v) is 9.32. The number of hydrogen-bond acceptors (Lipinski definition) is 7.